The number of hydrogen-bond acceptors (Lipinski definition) is 5. The highest BCUT2D eigenvalue weighted by atomic mass is 32.1. The molecular formula is C9H10F2N2O4S. The molecule has 0 aliphatic carbocycles. The van der Waals surface area contributed by atoms with Crippen molar-refractivity contribution in [1.29, 1.82) is 0 Å². The fourth-order valence-electron chi connectivity index (χ4n) is 1.74. The highest BCUT2D eigenvalue weighted by Crippen LogP contribution is 2.30. The maximum Gasteiger partial charge on any atom is 0.328 e. The molecule has 0 radical (unpaired) electrons. The van der Waals surface area contributed by atoms with Gasteiger partial charge in [-0.2, -0.15) is 0 Å². The summed E-state index contributed by atoms with van der Waals surface area (Å²) in [6, 6.07) is 0. The Hall–Kier alpha value is -1.16. The van der Waals surface area contributed by atoms with E-state index in [9.17, 15) is 18.7 Å². The summed E-state index contributed by atoms with van der Waals surface area (Å²) < 4.78 is 31.9. The first-order valence-corrected chi connectivity index (χ1v) is 5.46. The summed E-state index contributed by atoms with van der Waals surface area (Å²) >= 11 is 4.51. The summed E-state index contributed by atoms with van der Waals surface area (Å²) in [6.07, 6.45) is -5.49. The number of nitrogens with one attached hydrogen (secondary N) is 1. The van der Waals surface area contributed by atoms with Crippen molar-refractivity contribution in [2.45, 2.75) is 24.6 Å². The predicted molar refractivity (Wildman–Crippen MR) is 57.7 cm³/mol. The number of ether oxygens (including phenoxy) is 1. The molecule has 100 valence electrons. The van der Waals surface area contributed by atoms with Crippen molar-refractivity contribution in [3.05, 3.63) is 27.1 Å². The van der Waals surface area contributed by atoms with Crippen molar-refractivity contribution in [3.63, 3.8) is 0 Å². The van der Waals surface area contributed by atoms with Crippen LogP contribution in [0.2, 0.25) is 0 Å². The van der Waals surface area contributed by atoms with E-state index in [0.717, 1.165) is 6.20 Å². The number of H-pyrrole nitrogens is 1. The van der Waals surface area contributed by atoms with Gasteiger partial charge in [-0.3, -0.25) is 9.55 Å². The minimum absolute atomic E-state index is 0.390. The number of aromatic nitrogens is 2. The van der Waals surface area contributed by atoms with Gasteiger partial charge in [0.15, 0.2) is 18.2 Å². The van der Waals surface area contributed by atoms with Crippen molar-refractivity contribution in [3.8, 4) is 0 Å². The SMILES string of the molecule is O=c1[nH]c(=S)c(F)cn1[C@@H]1O[C@H](CO)C(F)[C@@H]1O. The Kier molecular flexibility index (Phi) is 3.57. The molecule has 18 heavy (non-hydrogen) atoms. The zero-order chi connectivity index (χ0) is 13.4. The Balaban J connectivity index is 2.42. The molecule has 1 saturated heterocycles. The Morgan fingerprint density at radius 1 is 1.61 bits per heavy atom. The summed E-state index contributed by atoms with van der Waals surface area (Å²) in [5, 5.41) is 18.4. The minimum Gasteiger partial charge on any atom is -0.394 e. The van der Waals surface area contributed by atoms with E-state index in [0.29, 0.717) is 4.57 Å². The first-order chi connectivity index (χ1) is 8.45. The van der Waals surface area contributed by atoms with E-state index < -0.39 is 42.7 Å². The van der Waals surface area contributed by atoms with Crippen LogP contribution in [0.5, 0.6) is 0 Å². The van der Waals surface area contributed by atoms with Gasteiger partial charge in [-0.1, -0.05) is 12.2 Å². The van der Waals surface area contributed by atoms with Gasteiger partial charge in [0.2, 0.25) is 0 Å². The van der Waals surface area contributed by atoms with E-state index in [4.69, 9.17) is 9.84 Å². The predicted octanol–water partition coefficient (Wildman–Crippen LogP) is -0.366. The molecule has 0 amide bonds. The van der Waals surface area contributed by atoms with E-state index in [-0.39, 0.29) is 4.64 Å². The number of rotatable bonds is 2. The van der Waals surface area contributed by atoms with Gasteiger partial charge >= 0.3 is 5.69 Å². The van der Waals surface area contributed by atoms with Crippen molar-refractivity contribution >= 4 is 12.2 Å². The second-order valence-electron chi connectivity index (χ2n) is 3.83. The van der Waals surface area contributed by atoms with Crippen LogP contribution in [0.15, 0.2) is 11.0 Å². The molecule has 1 aromatic rings. The molecule has 4 atom stereocenters. The molecule has 1 unspecified atom stereocenters. The molecule has 0 aromatic carbocycles. The van der Waals surface area contributed by atoms with Crippen LogP contribution < -0.4 is 5.69 Å². The van der Waals surface area contributed by atoms with Gasteiger partial charge in [0.1, 0.15) is 16.8 Å². The van der Waals surface area contributed by atoms with Crippen molar-refractivity contribution < 1.29 is 23.7 Å². The Morgan fingerprint density at radius 2 is 2.28 bits per heavy atom. The van der Waals surface area contributed by atoms with Crippen LogP contribution in [0.4, 0.5) is 8.78 Å². The lowest BCUT2D eigenvalue weighted by Crippen LogP contribution is -2.34. The monoisotopic (exact) mass is 280 g/mol. The van der Waals surface area contributed by atoms with Gasteiger partial charge in [0.05, 0.1) is 12.8 Å². The lowest BCUT2D eigenvalue weighted by molar-refractivity contribution is -0.0541. The molecule has 1 fully saturated rings. The van der Waals surface area contributed by atoms with Crippen LogP contribution >= 0.6 is 12.2 Å². The molecule has 0 bridgehead atoms. The van der Waals surface area contributed by atoms with E-state index in [1.165, 1.54) is 0 Å². The van der Waals surface area contributed by atoms with E-state index in [1.807, 2.05) is 4.98 Å². The maximum atomic E-state index is 13.5. The van der Waals surface area contributed by atoms with Crippen LogP contribution in [0.1, 0.15) is 6.23 Å². The van der Waals surface area contributed by atoms with Gasteiger partial charge in [0.25, 0.3) is 0 Å². The van der Waals surface area contributed by atoms with Crippen LogP contribution in [0.25, 0.3) is 0 Å². The fourth-order valence-corrected chi connectivity index (χ4v) is 1.88. The zero-order valence-electron chi connectivity index (χ0n) is 8.92. The number of halogens is 2. The maximum absolute atomic E-state index is 13.5. The number of aliphatic hydroxyl groups excluding tert-OH is 2. The third kappa shape index (κ3) is 2.09. The molecule has 1 aliphatic rings. The number of nitrogens with zero attached hydrogens (tertiary/aromatic N) is 1. The molecule has 6 nitrogen and oxygen atoms in total. The standard InChI is InChI=1S/C9H10F2N2O4S/c10-3-1-13(9(16)12-7(3)18)8-6(15)5(11)4(2-14)17-8/h1,4-6,8,14-15H,2H2,(H,12,16,18)/t4-,5?,6+,8-/m1/s1. The van der Waals surface area contributed by atoms with Crippen LogP contribution in [0.3, 0.4) is 0 Å². The first kappa shape index (κ1) is 13.3. The summed E-state index contributed by atoms with van der Waals surface area (Å²) in [4.78, 5) is 13.5. The van der Waals surface area contributed by atoms with Crippen LogP contribution in [-0.2, 0) is 4.74 Å². The van der Waals surface area contributed by atoms with Crippen molar-refractivity contribution in [1.82, 2.24) is 9.55 Å². The quantitative estimate of drug-likeness (QED) is 0.644. The molecule has 3 N–H and O–H groups in total. The van der Waals surface area contributed by atoms with Crippen molar-refractivity contribution in [2.75, 3.05) is 6.61 Å². The number of aromatic amines is 1. The van der Waals surface area contributed by atoms with E-state index in [2.05, 4.69) is 12.2 Å². The Labute approximate surface area is 104 Å². The van der Waals surface area contributed by atoms with Crippen molar-refractivity contribution in [2.24, 2.45) is 0 Å². The van der Waals surface area contributed by atoms with E-state index in [1.54, 1.807) is 0 Å². The average molecular weight is 280 g/mol. The molecule has 0 spiro atoms. The van der Waals surface area contributed by atoms with Crippen LogP contribution in [-0.4, -0.2) is 44.8 Å². The van der Waals surface area contributed by atoms with Gasteiger partial charge in [0, 0.05) is 0 Å². The zero-order valence-corrected chi connectivity index (χ0v) is 9.73. The number of hydrogen-bond donors (Lipinski definition) is 3. The molecule has 2 heterocycles. The first-order valence-electron chi connectivity index (χ1n) is 5.05. The third-order valence-electron chi connectivity index (χ3n) is 2.67. The summed E-state index contributed by atoms with van der Waals surface area (Å²) in [6.45, 7) is -0.658. The highest BCUT2D eigenvalue weighted by Gasteiger charge is 2.45. The lowest BCUT2D eigenvalue weighted by atomic mass is 10.1. The largest absolute Gasteiger partial charge is 0.394 e. The van der Waals surface area contributed by atoms with Crippen LogP contribution in [0, 0.1) is 10.5 Å². The highest BCUT2D eigenvalue weighted by molar-refractivity contribution is 7.71. The molecule has 9 heteroatoms. The molecule has 2 rings (SSSR count). The van der Waals surface area contributed by atoms with Gasteiger partial charge in [-0.05, 0) is 0 Å². The normalized spacial score (nSPS) is 31.8. The molecular weight excluding hydrogens is 270 g/mol. The van der Waals surface area contributed by atoms with Gasteiger partial charge in [-0.25, -0.2) is 13.6 Å². The summed E-state index contributed by atoms with van der Waals surface area (Å²) in [5.41, 5.74) is -0.837. The second-order valence-corrected chi connectivity index (χ2v) is 4.23. The van der Waals surface area contributed by atoms with Gasteiger partial charge in [-0.15, -0.1) is 0 Å². The number of aliphatic hydroxyl groups is 2. The Bertz CT molecular complexity index is 560. The smallest absolute Gasteiger partial charge is 0.328 e. The molecule has 0 saturated carbocycles. The second kappa shape index (κ2) is 4.84. The third-order valence-corrected chi connectivity index (χ3v) is 2.96. The Morgan fingerprint density at radius 3 is 2.83 bits per heavy atom. The molecule has 1 aliphatic heterocycles. The fraction of sp³-hybridized carbons (Fsp3) is 0.556. The van der Waals surface area contributed by atoms with Gasteiger partial charge < -0.3 is 14.9 Å². The minimum atomic E-state index is -1.86. The average Bonchev–Trinajstić information content (AvgIpc) is 2.61. The lowest BCUT2D eigenvalue weighted by Gasteiger charge is -2.16. The topological polar surface area (TPSA) is 87.5 Å². The van der Waals surface area contributed by atoms with E-state index >= 15 is 0 Å². The summed E-state index contributed by atoms with van der Waals surface area (Å²) in [5.74, 6) is -0.900. The number of alkyl halides is 1. The summed E-state index contributed by atoms with van der Waals surface area (Å²) in [7, 11) is 0. The molecule has 1 aromatic heterocycles.